The van der Waals surface area contributed by atoms with Crippen LogP contribution in [0.1, 0.15) is 32.1 Å². The molecule has 1 aliphatic carbocycles. The van der Waals surface area contributed by atoms with E-state index in [2.05, 4.69) is 12.2 Å². The van der Waals surface area contributed by atoms with E-state index in [0.29, 0.717) is 0 Å². The summed E-state index contributed by atoms with van der Waals surface area (Å²) >= 11 is 0. The average Bonchev–Trinajstić information content (AvgIpc) is 2.42. The highest BCUT2D eigenvalue weighted by Gasteiger charge is 2.22. The second-order valence-corrected chi connectivity index (χ2v) is 4.62. The van der Waals surface area contributed by atoms with Crippen LogP contribution in [0.5, 0.6) is 0 Å². The number of alkyl halides is 1. The molecule has 19 heavy (non-hydrogen) atoms. The summed E-state index contributed by atoms with van der Waals surface area (Å²) in [7, 11) is 0. The van der Waals surface area contributed by atoms with Gasteiger partial charge in [-0.3, -0.25) is 4.79 Å². The van der Waals surface area contributed by atoms with Gasteiger partial charge in [0.05, 0.1) is 12.5 Å². The van der Waals surface area contributed by atoms with Gasteiger partial charge in [-0.15, -0.1) is 0 Å². The third-order valence-corrected chi connectivity index (χ3v) is 2.97. The van der Waals surface area contributed by atoms with Crippen molar-refractivity contribution in [3.8, 4) is 0 Å². The number of hydrogen-bond donors (Lipinski definition) is 1. The van der Waals surface area contributed by atoms with Crippen LogP contribution >= 0.6 is 0 Å². The monoisotopic (exact) mass is 274 g/mol. The van der Waals surface area contributed by atoms with Crippen LogP contribution in [0.2, 0.25) is 0 Å². The van der Waals surface area contributed by atoms with Gasteiger partial charge in [0.15, 0.2) is 0 Å². The van der Waals surface area contributed by atoms with Crippen molar-refractivity contribution >= 4 is 12.1 Å². The Balaban J connectivity index is 2.03. The van der Waals surface area contributed by atoms with Crippen LogP contribution in [0.15, 0.2) is 0 Å². The van der Waals surface area contributed by atoms with E-state index < -0.39 is 12.3 Å². The summed E-state index contributed by atoms with van der Waals surface area (Å²) in [5.41, 5.74) is 0. The largest absolute Gasteiger partial charge is 0.462 e. The molecule has 1 N–H and O–H groups in total. The van der Waals surface area contributed by atoms with Crippen molar-refractivity contribution in [1.29, 1.82) is 0 Å². The van der Waals surface area contributed by atoms with Gasteiger partial charge in [-0.05, 0) is 19.8 Å². The first-order chi connectivity index (χ1) is 9.09. The van der Waals surface area contributed by atoms with Gasteiger partial charge < -0.3 is 14.8 Å². The number of carbonyl (C=O) groups excluding carboxylic acids is 2. The van der Waals surface area contributed by atoms with Gasteiger partial charge in [-0.25, -0.2) is 9.18 Å². The van der Waals surface area contributed by atoms with Crippen molar-refractivity contribution in [3.05, 3.63) is 6.92 Å². The summed E-state index contributed by atoms with van der Waals surface area (Å²) in [4.78, 5) is 22.6. The maximum absolute atomic E-state index is 12.3. The third kappa shape index (κ3) is 6.98. The molecule has 1 rings (SSSR count). The lowest BCUT2D eigenvalue weighted by atomic mass is 9.89. The fourth-order valence-corrected chi connectivity index (χ4v) is 1.98. The molecule has 6 heteroatoms. The smallest absolute Gasteiger partial charge is 0.407 e. The third-order valence-electron chi connectivity index (χ3n) is 2.97. The van der Waals surface area contributed by atoms with E-state index in [0.717, 1.165) is 25.7 Å². The fourth-order valence-electron chi connectivity index (χ4n) is 1.98. The SMILES string of the molecule is [CH2][C@@H](F)CNC(=O)OCCOC(=O)C1CCCCC1. The minimum atomic E-state index is -1.36. The first-order valence-corrected chi connectivity index (χ1v) is 6.64. The topological polar surface area (TPSA) is 64.6 Å². The van der Waals surface area contributed by atoms with Crippen molar-refractivity contribution < 1.29 is 23.5 Å². The van der Waals surface area contributed by atoms with Crippen LogP contribution in [-0.2, 0) is 14.3 Å². The first kappa shape index (κ1) is 15.7. The summed E-state index contributed by atoms with van der Waals surface area (Å²) in [6.07, 6.45) is 2.96. The maximum atomic E-state index is 12.3. The van der Waals surface area contributed by atoms with Crippen LogP contribution in [0.3, 0.4) is 0 Å². The van der Waals surface area contributed by atoms with Gasteiger partial charge in [-0.1, -0.05) is 19.3 Å². The highest BCUT2D eigenvalue weighted by atomic mass is 19.1. The number of halogens is 1. The zero-order chi connectivity index (χ0) is 14.1. The highest BCUT2D eigenvalue weighted by Crippen LogP contribution is 2.24. The van der Waals surface area contributed by atoms with E-state index in [1.54, 1.807) is 0 Å². The van der Waals surface area contributed by atoms with Gasteiger partial charge >= 0.3 is 12.1 Å². The molecular weight excluding hydrogens is 253 g/mol. The quantitative estimate of drug-likeness (QED) is 0.594. The lowest BCUT2D eigenvalue weighted by Gasteiger charge is -2.19. The molecule has 1 aliphatic rings. The van der Waals surface area contributed by atoms with Crippen molar-refractivity contribution in [2.24, 2.45) is 5.92 Å². The van der Waals surface area contributed by atoms with Gasteiger partial charge in [-0.2, -0.15) is 0 Å². The van der Waals surface area contributed by atoms with Crippen LogP contribution in [0, 0.1) is 12.8 Å². The average molecular weight is 274 g/mol. The Kier molecular flexibility index (Phi) is 7.22. The molecule has 5 nitrogen and oxygen atoms in total. The van der Waals surface area contributed by atoms with Gasteiger partial charge in [0.1, 0.15) is 19.4 Å². The minimum Gasteiger partial charge on any atom is -0.462 e. The Bertz CT molecular complexity index is 290. The van der Waals surface area contributed by atoms with E-state index in [1.165, 1.54) is 6.42 Å². The Morgan fingerprint density at radius 2 is 1.84 bits per heavy atom. The number of hydrogen-bond acceptors (Lipinski definition) is 4. The van der Waals surface area contributed by atoms with E-state index in [4.69, 9.17) is 9.47 Å². The molecule has 0 spiro atoms. The van der Waals surface area contributed by atoms with E-state index >= 15 is 0 Å². The predicted octanol–water partition coefficient (Wildman–Crippen LogP) is 2.01. The summed E-state index contributed by atoms with van der Waals surface area (Å²) in [5.74, 6) is -0.230. The molecule has 1 atom stereocenters. The molecular formula is C13H21FNO4. The second kappa shape index (κ2) is 8.72. The normalized spacial score (nSPS) is 17.6. The Hall–Kier alpha value is -1.33. The maximum Gasteiger partial charge on any atom is 0.407 e. The van der Waals surface area contributed by atoms with Crippen molar-refractivity contribution in [2.75, 3.05) is 19.8 Å². The van der Waals surface area contributed by atoms with Gasteiger partial charge in [0, 0.05) is 0 Å². The molecule has 109 valence electrons. The Morgan fingerprint density at radius 3 is 2.47 bits per heavy atom. The summed E-state index contributed by atoms with van der Waals surface area (Å²) < 4.78 is 22.0. The second-order valence-electron chi connectivity index (χ2n) is 4.62. The molecule has 0 aromatic carbocycles. The van der Waals surface area contributed by atoms with E-state index in [9.17, 15) is 14.0 Å². The van der Waals surface area contributed by atoms with E-state index in [1.807, 2.05) is 0 Å². The summed E-state index contributed by atoms with van der Waals surface area (Å²) in [6, 6.07) is 0. The molecule has 0 saturated heterocycles. The van der Waals surface area contributed by atoms with E-state index in [-0.39, 0.29) is 31.6 Å². The first-order valence-electron chi connectivity index (χ1n) is 6.64. The molecule has 1 saturated carbocycles. The molecule has 0 unspecified atom stereocenters. The van der Waals surface area contributed by atoms with Crippen molar-refractivity contribution in [2.45, 2.75) is 38.3 Å². The lowest BCUT2D eigenvalue weighted by molar-refractivity contribution is -0.150. The minimum absolute atomic E-state index is 0.0129. The van der Waals surface area contributed by atoms with Crippen molar-refractivity contribution in [1.82, 2.24) is 5.32 Å². The van der Waals surface area contributed by atoms with Crippen LogP contribution in [0.4, 0.5) is 9.18 Å². The number of alkyl carbamates (subject to hydrolysis) is 1. The number of nitrogens with one attached hydrogen (secondary N) is 1. The highest BCUT2D eigenvalue weighted by molar-refractivity contribution is 5.72. The standard InChI is InChI=1S/C13H21FNO4/c1-10(14)9-15-13(17)19-8-7-18-12(16)11-5-3-2-4-6-11/h10-11H,1-9H2,(H,15,17)/t10-/m1/s1. The molecule has 0 bridgehead atoms. The summed E-state index contributed by atoms with van der Waals surface area (Å²) in [5, 5.41) is 2.19. The molecule has 0 aliphatic heterocycles. The lowest BCUT2D eigenvalue weighted by Crippen LogP contribution is -2.31. The molecule has 1 amide bonds. The molecule has 0 aromatic rings. The zero-order valence-corrected chi connectivity index (χ0v) is 11.0. The molecule has 1 radical (unpaired) electrons. The zero-order valence-electron chi connectivity index (χ0n) is 11.0. The van der Waals surface area contributed by atoms with Gasteiger partial charge in [0.2, 0.25) is 0 Å². The van der Waals surface area contributed by atoms with Crippen LogP contribution in [-0.4, -0.2) is 38.0 Å². The van der Waals surface area contributed by atoms with Crippen LogP contribution in [0.25, 0.3) is 0 Å². The van der Waals surface area contributed by atoms with Crippen LogP contribution < -0.4 is 5.32 Å². The Labute approximate surface area is 112 Å². The number of ether oxygens (including phenoxy) is 2. The summed E-state index contributed by atoms with van der Waals surface area (Å²) in [6.45, 7) is 2.89. The molecule has 0 heterocycles. The number of esters is 1. The number of amides is 1. The molecule has 1 fully saturated rings. The number of rotatable bonds is 6. The number of carbonyl (C=O) groups is 2. The van der Waals surface area contributed by atoms with Crippen molar-refractivity contribution in [3.63, 3.8) is 0 Å². The molecule has 0 aromatic heterocycles. The fraction of sp³-hybridized carbons (Fsp3) is 0.769. The Morgan fingerprint density at radius 1 is 1.21 bits per heavy atom. The van der Waals surface area contributed by atoms with Gasteiger partial charge in [0.25, 0.3) is 0 Å². The predicted molar refractivity (Wildman–Crippen MR) is 67.1 cm³/mol.